The van der Waals surface area contributed by atoms with Crippen LogP contribution in [0.2, 0.25) is 0 Å². The van der Waals surface area contributed by atoms with Gasteiger partial charge in [-0.25, -0.2) is 0 Å². The maximum atomic E-state index is 5.80. The van der Waals surface area contributed by atoms with E-state index in [1.807, 2.05) is 19.2 Å². The molecule has 1 N–H and O–H groups in total. The van der Waals surface area contributed by atoms with Crippen LogP contribution in [0.5, 0.6) is 5.75 Å². The van der Waals surface area contributed by atoms with Crippen LogP contribution in [0.3, 0.4) is 0 Å². The summed E-state index contributed by atoms with van der Waals surface area (Å²) < 4.78 is 11.1. The molecule has 1 heterocycles. The molecule has 25 heavy (non-hydrogen) atoms. The Morgan fingerprint density at radius 2 is 2.20 bits per heavy atom. The first-order chi connectivity index (χ1) is 11.6. The molecule has 142 valence electrons. The minimum absolute atomic E-state index is 0. The second-order valence-electron chi connectivity index (χ2n) is 6.81. The van der Waals surface area contributed by atoms with E-state index in [4.69, 9.17) is 9.47 Å². The zero-order valence-corrected chi connectivity index (χ0v) is 18.2. The molecule has 5 nitrogen and oxygen atoms in total. The molecule has 0 aliphatic carbocycles. The number of aliphatic imine (C=N–C) groups is 1. The van der Waals surface area contributed by atoms with Crippen LogP contribution in [0, 0.1) is 11.8 Å². The Morgan fingerprint density at radius 3 is 2.88 bits per heavy atom. The minimum atomic E-state index is 0. The van der Waals surface area contributed by atoms with Crippen LogP contribution in [-0.2, 0) is 11.3 Å². The van der Waals surface area contributed by atoms with E-state index in [-0.39, 0.29) is 24.0 Å². The Bertz CT molecular complexity index is 537. The third-order valence-electron chi connectivity index (χ3n) is 4.13. The van der Waals surface area contributed by atoms with Crippen molar-refractivity contribution in [3.8, 4) is 5.75 Å². The zero-order chi connectivity index (χ0) is 17.4. The van der Waals surface area contributed by atoms with Crippen LogP contribution in [-0.4, -0.2) is 51.3 Å². The van der Waals surface area contributed by atoms with E-state index in [2.05, 4.69) is 41.2 Å². The van der Waals surface area contributed by atoms with E-state index in [0.29, 0.717) is 11.8 Å². The van der Waals surface area contributed by atoms with E-state index in [9.17, 15) is 0 Å². The SMILES string of the molecule is CN=C(NCc1cccc(OCC(C)C)c1)N1CCC(COC)C1.I. The molecule has 6 heteroatoms. The van der Waals surface area contributed by atoms with Crippen molar-refractivity contribution in [1.82, 2.24) is 10.2 Å². The maximum Gasteiger partial charge on any atom is 0.193 e. The Labute approximate surface area is 169 Å². The van der Waals surface area contributed by atoms with Gasteiger partial charge in [-0.15, -0.1) is 24.0 Å². The molecule has 1 unspecified atom stereocenters. The van der Waals surface area contributed by atoms with E-state index >= 15 is 0 Å². The molecule has 0 saturated carbocycles. The summed E-state index contributed by atoms with van der Waals surface area (Å²) in [5, 5.41) is 3.46. The molecule has 0 spiro atoms. The normalized spacial score (nSPS) is 17.6. The lowest BCUT2D eigenvalue weighted by Crippen LogP contribution is -2.39. The highest BCUT2D eigenvalue weighted by molar-refractivity contribution is 14.0. The van der Waals surface area contributed by atoms with Crippen LogP contribution in [0.15, 0.2) is 29.3 Å². The van der Waals surface area contributed by atoms with Crippen molar-refractivity contribution in [1.29, 1.82) is 0 Å². The quantitative estimate of drug-likeness (QED) is 0.384. The zero-order valence-electron chi connectivity index (χ0n) is 15.8. The third-order valence-corrected chi connectivity index (χ3v) is 4.13. The maximum absolute atomic E-state index is 5.80. The second-order valence-corrected chi connectivity index (χ2v) is 6.81. The fourth-order valence-electron chi connectivity index (χ4n) is 2.92. The number of hydrogen-bond acceptors (Lipinski definition) is 3. The smallest absolute Gasteiger partial charge is 0.193 e. The lowest BCUT2D eigenvalue weighted by Gasteiger charge is -2.22. The first-order valence-electron chi connectivity index (χ1n) is 8.78. The summed E-state index contributed by atoms with van der Waals surface area (Å²) in [6.45, 7) is 8.66. The Hall–Kier alpha value is -1.02. The van der Waals surface area contributed by atoms with Gasteiger partial charge in [0.2, 0.25) is 0 Å². The molecular formula is C19H32IN3O2. The fraction of sp³-hybridized carbons (Fsp3) is 0.632. The number of hydrogen-bond donors (Lipinski definition) is 1. The molecule has 1 aromatic rings. The van der Waals surface area contributed by atoms with Gasteiger partial charge in [0.25, 0.3) is 0 Å². The van der Waals surface area contributed by atoms with Crippen LogP contribution in [0.25, 0.3) is 0 Å². The molecule has 0 amide bonds. The standard InChI is InChI=1S/C19H31N3O2.HI/c1-15(2)13-24-18-7-5-6-16(10-18)11-21-19(20-3)22-9-8-17(12-22)14-23-4;/h5-7,10,15,17H,8-9,11-14H2,1-4H3,(H,20,21);1H. The van der Waals surface area contributed by atoms with Gasteiger partial charge in [0, 0.05) is 39.7 Å². The molecule has 0 radical (unpaired) electrons. The van der Waals surface area contributed by atoms with Gasteiger partial charge in [0.1, 0.15) is 5.75 Å². The first kappa shape index (κ1) is 22.0. The Balaban J connectivity index is 0.00000312. The number of nitrogens with zero attached hydrogens (tertiary/aromatic N) is 2. The lowest BCUT2D eigenvalue weighted by atomic mass is 10.1. The number of guanidine groups is 1. The summed E-state index contributed by atoms with van der Waals surface area (Å²) in [6.07, 6.45) is 1.16. The van der Waals surface area contributed by atoms with Crippen LogP contribution < -0.4 is 10.1 Å². The summed E-state index contributed by atoms with van der Waals surface area (Å²) >= 11 is 0. The molecule has 1 aliphatic heterocycles. The van der Waals surface area contributed by atoms with Crippen molar-refractivity contribution in [2.75, 3.05) is 40.5 Å². The second kappa shape index (κ2) is 11.6. The molecular weight excluding hydrogens is 429 g/mol. The number of rotatable bonds is 7. The lowest BCUT2D eigenvalue weighted by molar-refractivity contribution is 0.157. The predicted octanol–water partition coefficient (Wildman–Crippen LogP) is 3.38. The number of ether oxygens (including phenoxy) is 2. The molecule has 1 aliphatic rings. The average Bonchev–Trinajstić information content (AvgIpc) is 3.03. The third kappa shape index (κ3) is 7.40. The highest BCUT2D eigenvalue weighted by Crippen LogP contribution is 2.17. The Morgan fingerprint density at radius 1 is 1.40 bits per heavy atom. The van der Waals surface area contributed by atoms with Gasteiger partial charge in [-0.1, -0.05) is 26.0 Å². The number of benzene rings is 1. The van der Waals surface area contributed by atoms with Crippen LogP contribution >= 0.6 is 24.0 Å². The van der Waals surface area contributed by atoms with Crippen LogP contribution in [0.1, 0.15) is 25.8 Å². The predicted molar refractivity (Wildman–Crippen MR) is 114 cm³/mol. The number of methoxy groups -OCH3 is 1. The largest absolute Gasteiger partial charge is 0.493 e. The van der Waals surface area contributed by atoms with Crippen molar-refractivity contribution in [3.05, 3.63) is 29.8 Å². The van der Waals surface area contributed by atoms with E-state index < -0.39 is 0 Å². The first-order valence-corrected chi connectivity index (χ1v) is 8.78. The van der Waals surface area contributed by atoms with Crippen molar-refractivity contribution in [3.63, 3.8) is 0 Å². The molecule has 1 fully saturated rings. The van der Waals surface area contributed by atoms with Crippen molar-refractivity contribution in [2.45, 2.75) is 26.8 Å². The molecule has 1 atom stereocenters. The van der Waals surface area contributed by atoms with Crippen LogP contribution in [0.4, 0.5) is 0 Å². The van der Waals surface area contributed by atoms with Crippen molar-refractivity contribution >= 4 is 29.9 Å². The minimum Gasteiger partial charge on any atom is -0.493 e. The summed E-state index contributed by atoms with van der Waals surface area (Å²) in [5.74, 6) is 3.02. The molecule has 2 rings (SSSR count). The van der Waals surface area contributed by atoms with Gasteiger partial charge in [0.15, 0.2) is 5.96 Å². The van der Waals surface area contributed by atoms with Gasteiger partial charge < -0.3 is 19.7 Å². The number of halogens is 1. The Kier molecular flexibility index (Phi) is 10.2. The van der Waals surface area contributed by atoms with E-state index in [1.54, 1.807) is 7.11 Å². The van der Waals surface area contributed by atoms with Crippen molar-refractivity contribution < 1.29 is 9.47 Å². The number of likely N-dealkylation sites (tertiary alicyclic amines) is 1. The van der Waals surface area contributed by atoms with Gasteiger partial charge in [-0.05, 0) is 30.0 Å². The summed E-state index contributed by atoms with van der Waals surface area (Å²) in [4.78, 5) is 6.73. The van der Waals surface area contributed by atoms with Gasteiger partial charge >= 0.3 is 0 Å². The highest BCUT2D eigenvalue weighted by atomic mass is 127. The molecule has 0 aromatic heterocycles. The molecule has 1 aromatic carbocycles. The van der Waals surface area contributed by atoms with E-state index in [1.165, 1.54) is 5.56 Å². The molecule has 0 bridgehead atoms. The van der Waals surface area contributed by atoms with Gasteiger partial charge in [-0.3, -0.25) is 4.99 Å². The summed E-state index contributed by atoms with van der Waals surface area (Å²) in [7, 11) is 3.61. The summed E-state index contributed by atoms with van der Waals surface area (Å²) in [5.41, 5.74) is 1.20. The van der Waals surface area contributed by atoms with Gasteiger partial charge in [0.05, 0.1) is 13.2 Å². The van der Waals surface area contributed by atoms with Crippen molar-refractivity contribution in [2.24, 2.45) is 16.8 Å². The molecule has 1 saturated heterocycles. The summed E-state index contributed by atoms with van der Waals surface area (Å²) in [6, 6.07) is 8.26. The fourth-order valence-corrected chi connectivity index (χ4v) is 2.92. The topological polar surface area (TPSA) is 46.1 Å². The monoisotopic (exact) mass is 461 g/mol. The van der Waals surface area contributed by atoms with E-state index in [0.717, 1.165) is 51.0 Å². The average molecular weight is 461 g/mol. The highest BCUT2D eigenvalue weighted by Gasteiger charge is 2.24. The van der Waals surface area contributed by atoms with Gasteiger partial charge in [-0.2, -0.15) is 0 Å². The number of nitrogens with one attached hydrogen (secondary N) is 1.